The summed E-state index contributed by atoms with van der Waals surface area (Å²) in [5.74, 6) is -1.72. The van der Waals surface area contributed by atoms with Crippen molar-refractivity contribution in [2.24, 2.45) is 0 Å². The third-order valence-electron chi connectivity index (χ3n) is 4.66. The number of carbonyl (C=O) groups excluding carboxylic acids is 2. The number of alkyl halides is 3. The molecule has 34 heavy (non-hydrogen) atoms. The highest BCUT2D eigenvalue weighted by Gasteiger charge is 2.31. The molecular formula is C20H12BrF3N7O3-. The standard InChI is InChI=1S/C20H13BrF3N7O3/c21-16-14(18(32)33)13(15-17(25)27-8-28-31(15)16)9-1-3-11(4-2-9)29-19(34)30-12-7-10(5-6-26-12)20(22,23)24/h1-8H,(H,32,33)(H2,25,27,28)(H2,26,29,30,34)/p-1. The second kappa shape index (κ2) is 8.62. The van der Waals surface area contributed by atoms with Gasteiger partial charge in [0.05, 0.1) is 11.5 Å². The number of benzene rings is 1. The Hall–Kier alpha value is -4.20. The number of nitrogens with zero attached hydrogens (tertiary/aromatic N) is 4. The second-order valence-corrected chi connectivity index (χ2v) is 7.57. The van der Waals surface area contributed by atoms with Gasteiger partial charge in [-0.3, -0.25) is 5.32 Å². The number of hydrogen-bond donors (Lipinski definition) is 3. The molecule has 0 spiro atoms. The monoisotopic (exact) mass is 534 g/mol. The molecule has 174 valence electrons. The minimum atomic E-state index is -4.58. The molecule has 0 radical (unpaired) electrons. The van der Waals surface area contributed by atoms with Crippen LogP contribution in [0.2, 0.25) is 0 Å². The molecule has 3 heterocycles. The van der Waals surface area contributed by atoms with Gasteiger partial charge in [0.25, 0.3) is 0 Å². The summed E-state index contributed by atoms with van der Waals surface area (Å²) >= 11 is 3.19. The largest absolute Gasteiger partial charge is 0.545 e. The first-order valence-corrected chi connectivity index (χ1v) is 10.1. The minimum absolute atomic E-state index is 0.0355. The molecule has 0 saturated heterocycles. The van der Waals surface area contributed by atoms with E-state index >= 15 is 0 Å². The van der Waals surface area contributed by atoms with Gasteiger partial charge in [-0.2, -0.15) is 18.3 Å². The van der Waals surface area contributed by atoms with Crippen molar-refractivity contribution in [1.82, 2.24) is 19.6 Å². The van der Waals surface area contributed by atoms with Crippen molar-refractivity contribution < 1.29 is 27.9 Å². The number of hydrogen-bond acceptors (Lipinski definition) is 7. The van der Waals surface area contributed by atoms with E-state index in [-0.39, 0.29) is 38.6 Å². The number of nitrogen functional groups attached to an aromatic ring is 1. The molecule has 4 N–H and O–H groups in total. The van der Waals surface area contributed by atoms with Crippen LogP contribution in [0.4, 0.5) is 35.3 Å². The second-order valence-electron chi connectivity index (χ2n) is 6.82. The SMILES string of the molecule is Nc1ncnn2c(Br)c(C(=O)[O-])c(-c3ccc(NC(=O)Nc4cc(C(F)(F)F)ccn4)cc3)c12. The van der Waals surface area contributed by atoms with Crippen LogP contribution < -0.4 is 21.5 Å². The number of urea groups is 1. The van der Waals surface area contributed by atoms with E-state index < -0.39 is 23.7 Å². The number of carboxylic acids is 1. The third-order valence-corrected chi connectivity index (χ3v) is 5.39. The van der Waals surface area contributed by atoms with Gasteiger partial charge in [0.15, 0.2) is 5.82 Å². The molecule has 3 aromatic heterocycles. The number of nitrogens with one attached hydrogen (secondary N) is 2. The summed E-state index contributed by atoms with van der Waals surface area (Å²) in [6, 6.07) is 6.61. The van der Waals surface area contributed by atoms with Crippen molar-refractivity contribution in [3.05, 3.63) is 64.7 Å². The highest BCUT2D eigenvalue weighted by molar-refractivity contribution is 9.10. The van der Waals surface area contributed by atoms with Crippen molar-refractivity contribution in [2.75, 3.05) is 16.4 Å². The van der Waals surface area contributed by atoms with Crippen LogP contribution in [-0.4, -0.2) is 31.6 Å². The number of nitrogens with two attached hydrogens (primary N) is 1. The number of anilines is 3. The summed E-state index contributed by atoms with van der Waals surface area (Å²) in [7, 11) is 0. The van der Waals surface area contributed by atoms with Gasteiger partial charge in [-0.1, -0.05) is 12.1 Å². The number of amides is 2. The predicted octanol–water partition coefficient (Wildman–Crippen LogP) is 3.16. The number of carboxylic acid groups (broad SMARTS) is 1. The van der Waals surface area contributed by atoms with Gasteiger partial charge >= 0.3 is 12.2 Å². The van der Waals surface area contributed by atoms with Gasteiger partial charge in [0, 0.05) is 23.0 Å². The van der Waals surface area contributed by atoms with E-state index in [9.17, 15) is 27.9 Å². The van der Waals surface area contributed by atoms with E-state index in [0.717, 1.165) is 12.3 Å². The van der Waals surface area contributed by atoms with Crippen LogP contribution in [0.15, 0.2) is 53.5 Å². The lowest BCUT2D eigenvalue weighted by Gasteiger charge is -2.11. The van der Waals surface area contributed by atoms with E-state index in [4.69, 9.17) is 5.73 Å². The Labute approximate surface area is 196 Å². The van der Waals surface area contributed by atoms with Gasteiger partial charge in [-0.05, 0) is 45.8 Å². The van der Waals surface area contributed by atoms with Crippen molar-refractivity contribution in [2.45, 2.75) is 6.18 Å². The lowest BCUT2D eigenvalue weighted by molar-refractivity contribution is -0.255. The first-order valence-electron chi connectivity index (χ1n) is 9.30. The average Bonchev–Trinajstić information content (AvgIpc) is 3.08. The van der Waals surface area contributed by atoms with E-state index in [0.29, 0.717) is 11.6 Å². The maximum absolute atomic E-state index is 12.8. The molecule has 0 saturated carbocycles. The Balaban J connectivity index is 1.59. The van der Waals surface area contributed by atoms with E-state index in [1.54, 1.807) is 0 Å². The smallest absolute Gasteiger partial charge is 0.416 e. The first kappa shape index (κ1) is 23.0. The van der Waals surface area contributed by atoms with E-state index in [1.165, 1.54) is 35.1 Å². The van der Waals surface area contributed by atoms with Crippen LogP contribution >= 0.6 is 15.9 Å². The van der Waals surface area contributed by atoms with Crippen LogP contribution in [-0.2, 0) is 6.18 Å². The molecule has 0 aliphatic carbocycles. The van der Waals surface area contributed by atoms with Gasteiger partial charge in [0.2, 0.25) is 0 Å². The zero-order chi connectivity index (χ0) is 24.6. The molecule has 14 heteroatoms. The number of fused-ring (bicyclic) bond motifs is 1. The Morgan fingerprint density at radius 2 is 1.79 bits per heavy atom. The summed E-state index contributed by atoms with van der Waals surface area (Å²) in [6.45, 7) is 0. The molecule has 4 rings (SSSR count). The fraction of sp³-hybridized carbons (Fsp3) is 0.0500. The summed E-state index contributed by atoms with van der Waals surface area (Å²) in [4.78, 5) is 31.6. The Kier molecular flexibility index (Phi) is 5.83. The molecule has 1 aromatic carbocycles. The Morgan fingerprint density at radius 1 is 1.09 bits per heavy atom. The van der Waals surface area contributed by atoms with Crippen LogP contribution in [0, 0.1) is 0 Å². The van der Waals surface area contributed by atoms with E-state index in [2.05, 4.69) is 41.6 Å². The highest BCUT2D eigenvalue weighted by atomic mass is 79.9. The number of halogens is 4. The Morgan fingerprint density at radius 3 is 2.44 bits per heavy atom. The Bertz CT molecular complexity index is 1420. The van der Waals surface area contributed by atoms with Crippen molar-refractivity contribution in [3.63, 3.8) is 0 Å². The van der Waals surface area contributed by atoms with Crippen molar-refractivity contribution >= 4 is 50.8 Å². The maximum atomic E-state index is 12.8. The van der Waals surface area contributed by atoms with Crippen LogP contribution in [0.5, 0.6) is 0 Å². The molecule has 10 nitrogen and oxygen atoms in total. The summed E-state index contributed by atoms with van der Waals surface area (Å²) in [6.07, 6.45) is -2.48. The number of rotatable bonds is 4. The molecule has 0 fully saturated rings. The number of aromatic carboxylic acids is 1. The van der Waals surface area contributed by atoms with Gasteiger partial charge < -0.3 is 21.0 Å². The molecule has 2 amide bonds. The van der Waals surface area contributed by atoms with Gasteiger partial charge in [0.1, 0.15) is 22.3 Å². The topological polar surface area (TPSA) is 150 Å². The normalized spacial score (nSPS) is 11.4. The lowest BCUT2D eigenvalue weighted by Crippen LogP contribution is -2.23. The fourth-order valence-electron chi connectivity index (χ4n) is 3.22. The van der Waals surface area contributed by atoms with E-state index in [1.807, 2.05) is 0 Å². The molecule has 0 bridgehead atoms. The van der Waals surface area contributed by atoms with Crippen molar-refractivity contribution in [3.8, 4) is 11.1 Å². The first-order chi connectivity index (χ1) is 16.1. The van der Waals surface area contributed by atoms with Gasteiger partial charge in [-0.15, -0.1) is 0 Å². The quantitative estimate of drug-likeness (QED) is 0.363. The lowest BCUT2D eigenvalue weighted by atomic mass is 10.0. The molecule has 0 aliphatic heterocycles. The highest BCUT2D eigenvalue weighted by Crippen LogP contribution is 2.37. The maximum Gasteiger partial charge on any atom is 0.416 e. The molecule has 0 atom stereocenters. The zero-order valence-electron chi connectivity index (χ0n) is 16.7. The summed E-state index contributed by atoms with van der Waals surface area (Å²) in [5.41, 5.74) is 5.91. The molecule has 0 unspecified atom stereocenters. The third kappa shape index (κ3) is 4.34. The predicted molar refractivity (Wildman–Crippen MR) is 117 cm³/mol. The molecular weight excluding hydrogens is 523 g/mol. The summed E-state index contributed by atoms with van der Waals surface area (Å²) in [5, 5.41) is 20.5. The number of carbonyl (C=O) groups is 2. The van der Waals surface area contributed by atoms with Crippen molar-refractivity contribution in [1.29, 1.82) is 0 Å². The number of pyridine rings is 1. The average molecular weight is 535 g/mol. The zero-order valence-corrected chi connectivity index (χ0v) is 18.3. The number of aromatic nitrogens is 4. The van der Waals surface area contributed by atoms with Crippen LogP contribution in [0.3, 0.4) is 0 Å². The molecule has 4 aromatic rings. The molecule has 0 aliphatic rings. The minimum Gasteiger partial charge on any atom is -0.545 e. The van der Waals surface area contributed by atoms with Crippen LogP contribution in [0.25, 0.3) is 16.6 Å². The summed E-state index contributed by atoms with van der Waals surface area (Å²) < 4.78 is 39.8. The fourth-order valence-corrected chi connectivity index (χ4v) is 3.85. The van der Waals surface area contributed by atoms with Gasteiger partial charge in [-0.25, -0.2) is 19.3 Å². The van der Waals surface area contributed by atoms with Crippen LogP contribution in [0.1, 0.15) is 15.9 Å².